The van der Waals surface area contributed by atoms with Crippen LogP contribution in [0.4, 0.5) is 5.69 Å². The van der Waals surface area contributed by atoms with E-state index < -0.39 is 17.2 Å². The number of H-pyrrole nitrogens is 2. The summed E-state index contributed by atoms with van der Waals surface area (Å²) in [5.41, 5.74) is 5.54. The SMILES string of the molecule is COc1cccc2c1CCC[C@H]2NC(=O)c1[nH]c(=O)[nH]c(=O)c1N. The molecular weight excluding hydrogens is 312 g/mol. The van der Waals surface area contributed by atoms with Gasteiger partial charge < -0.3 is 20.8 Å². The minimum Gasteiger partial charge on any atom is -0.496 e. The summed E-state index contributed by atoms with van der Waals surface area (Å²) in [6.07, 6.45) is 2.51. The topological polar surface area (TPSA) is 130 Å². The number of nitrogen functional groups attached to an aromatic ring is 1. The van der Waals surface area contributed by atoms with Gasteiger partial charge in [0, 0.05) is 0 Å². The highest BCUT2D eigenvalue weighted by molar-refractivity contribution is 5.97. The molecule has 1 aromatic heterocycles. The van der Waals surface area contributed by atoms with Crippen molar-refractivity contribution in [2.24, 2.45) is 0 Å². The van der Waals surface area contributed by atoms with E-state index in [1.54, 1.807) is 7.11 Å². The third-order valence-corrected chi connectivity index (χ3v) is 4.20. The number of benzene rings is 1. The average molecular weight is 330 g/mol. The van der Waals surface area contributed by atoms with Crippen LogP contribution in [0.1, 0.15) is 40.5 Å². The van der Waals surface area contributed by atoms with Crippen LogP contribution in [-0.4, -0.2) is 23.0 Å². The lowest BCUT2D eigenvalue weighted by atomic mass is 9.87. The molecule has 0 saturated carbocycles. The highest BCUT2D eigenvalue weighted by Gasteiger charge is 2.25. The summed E-state index contributed by atoms with van der Waals surface area (Å²) in [5.74, 6) is 0.201. The number of ether oxygens (including phenoxy) is 1. The molecular formula is C16H18N4O4. The molecule has 1 aliphatic rings. The Morgan fingerprint density at radius 1 is 1.33 bits per heavy atom. The normalized spacial score (nSPS) is 16.3. The van der Waals surface area contributed by atoms with Crippen LogP contribution in [0.15, 0.2) is 27.8 Å². The zero-order valence-corrected chi connectivity index (χ0v) is 13.1. The van der Waals surface area contributed by atoms with Gasteiger partial charge in [0.15, 0.2) is 0 Å². The van der Waals surface area contributed by atoms with Gasteiger partial charge in [0.2, 0.25) is 0 Å². The van der Waals surface area contributed by atoms with Crippen molar-refractivity contribution >= 4 is 11.6 Å². The molecule has 1 heterocycles. The summed E-state index contributed by atoms with van der Waals surface area (Å²) in [5, 5.41) is 2.84. The Labute approximate surface area is 137 Å². The fourth-order valence-corrected chi connectivity index (χ4v) is 3.06. The van der Waals surface area contributed by atoms with E-state index in [0.29, 0.717) is 0 Å². The van der Waals surface area contributed by atoms with Crippen LogP contribution in [-0.2, 0) is 6.42 Å². The average Bonchev–Trinajstić information content (AvgIpc) is 2.57. The minimum absolute atomic E-state index is 0.223. The van der Waals surface area contributed by atoms with Gasteiger partial charge in [0.25, 0.3) is 11.5 Å². The second kappa shape index (κ2) is 6.23. The van der Waals surface area contributed by atoms with E-state index in [1.165, 1.54) is 0 Å². The second-order valence-electron chi connectivity index (χ2n) is 5.64. The van der Waals surface area contributed by atoms with E-state index in [1.807, 2.05) is 23.2 Å². The number of rotatable bonds is 3. The number of aromatic amines is 2. The summed E-state index contributed by atoms with van der Waals surface area (Å²) in [7, 11) is 1.61. The highest BCUT2D eigenvalue weighted by atomic mass is 16.5. The number of anilines is 1. The van der Waals surface area contributed by atoms with Crippen LogP contribution in [0, 0.1) is 0 Å². The highest BCUT2D eigenvalue weighted by Crippen LogP contribution is 2.35. The molecule has 24 heavy (non-hydrogen) atoms. The van der Waals surface area contributed by atoms with Gasteiger partial charge in [0.1, 0.15) is 17.1 Å². The van der Waals surface area contributed by atoms with Crippen molar-refractivity contribution < 1.29 is 9.53 Å². The Morgan fingerprint density at radius 2 is 2.12 bits per heavy atom. The van der Waals surface area contributed by atoms with Gasteiger partial charge in [0.05, 0.1) is 13.2 Å². The fourth-order valence-electron chi connectivity index (χ4n) is 3.06. The molecule has 2 aromatic rings. The van der Waals surface area contributed by atoms with Crippen LogP contribution >= 0.6 is 0 Å². The van der Waals surface area contributed by atoms with Crippen LogP contribution < -0.4 is 27.0 Å². The van der Waals surface area contributed by atoms with Crippen LogP contribution in [0.25, 0.3) is 0 Å². The number of aromatic nitrogens is 2. The van der Waals surface area contributed by atoms with Crippen molar-refractivity contribution in [1.29, 1.82) is 0 Å². The molecule has 3 rings (SSSR count). The molecule has 0 saturated heterocycles. The van der Waals surface area contributed by atoms with Crippen molar-refractivity contribution in [3.05, 3.63) is 55.9 Å². The summed E-state index contributed by atoms with van der Waals surface area (Å²) in [6, 6.07) is 5.45. The molecule has 126 valence electrons. The third kappa shape index (κ3) is 2.78. The van der Waals surface area contributed by atoms with Crippen molar-refractivity contribution in [3.63, 3.8) is 0 Å². The first-order chi connectivity index (χ1) is 11.5. The monoisotopic (exact) mass is 330 g/mol. The molecule has 1 atom stereocenters. The number of carbonyl (C=O) groups is 1. The maximum atomic E-state index is 12.5. The van der Waals surface area contributed by atoms with Crippen molar-refractivity contribution in [1.82, 2.24) is 15.3 Å². The lowest BCUT2D eigenvalue weighted by Gasteiger charge is -2.27. The van der Waals surface area contributed by atoms with Gasteiger partial charge in [-0.1, -0.05) is 12.1 Å². The lowest BCUT2D eigenvalue weighted by Crippen LogP contribution is -2.36. The van der Waals surface area contributed by atoms with Gasteiger partial charge >= 0.3 is 5.69 Å². The largest absolute Gasteiger partial charge is 0.496 e. The number of methoxy groups -OCH3 is 1. The van der Waals surface area contributed by atoms with Gasteiger partial charge in [-0.2, -0.15) is 0 Å². The number of carbonyl (C=O) groups excluding carboxylic acids is 1. The fraction of sp³-hybridized carbons (Fsp3) is 0.312. The number of hydrogen-bond acceptors (Lipinski definition) is 5. The Hall–Kier alpha value is -3.03. The van der Waals surface area contributed by atoms with E-state index in [9.17, 15) is 14.4 Å². The predicted octanol–water partition coefficient (Wildman–Crippen LogP) is 0.461. The molecule has 0 bridgehead atoms. The summed E-state index contributed by atoms with van der Waals surface area (Å²) >= 11 is 0. The molecule has 1 amide bonds. The molecule has 0 aliphatic heterocycles. The Kier molecular flexibility index (Phi) is 4.11. The molecule has 0 fully saturated rings. The molecule has 1 aromatic carbocycles. The predicted molar refractivity (Wildman–Crippen MR) is 88.2 cm³/mol. The summed E-state index contributed by atoms with van der Waals surface area (Å²) < 4.78 is 5.38. The van der Waals surface area contributed by atoms with E-state index in [2.05, 4.69) is 10.3 Å². The van der Waals surface area contributed by atoms with Crippen LogP contribution in [0.5, 0.6) is 5.75 Å². The zero-order valence-electron chi connectivity index (χ0n) is 13.1. The minimum atomic E-state index is -0.783. The van der Waals surface area contributed by atoms with Crippen molar-refractivity contribution in [2.45, 2.75) is 25.3 Å². The smallest absolute Gasteiger partial charge is 0.326 e. The maximum Gasteiger partial charge on any atom is 0.326 e. The van der Waals surface area contributed by atoms with Gasteiger partial charge in [-0.25, -0.2) is 4.79 Å². The molecule has 0 spiro atoms. The third-order valence-electron chi connectivity index (χ3n) is 4.20. The molecule has 0 unspecified atom stereocenters. The Bertz CT molecular complexity index is 900. The quantitative estimate of drug-likeness (QED) is 0.649. The van der Waals surface area contributed by atoms with Crippen molar-refractivity contribution in [3.8, 4) is 5.75 Å². The van der Waals surface area contributed by atoms with Crippen LogP contribution in [0.2, 0.25) is 0 Å². The number of nitrogens with one attached hydrogen (secondary N) is 3. The molecule has 1 aliphatic carbocycles. The first-order valence-corrected chi connectivity index (χ1v) is 7.60. The van der Waals surface area contributed by atoms with Gasteiger partial charge in [-0.3, -0.25) is 14.6 Å². The molecule has 5 N–H and O–H groups in total. The second-order valence-corrected chi connectivity index (χ2v) is 5.64. The standard InChI is InChI=1S/C16H18N4O4/c1-24-11-7-3-4-8-9(11)5-2-6-10(8)18-15(22)13-12(17)14(21)20-16(23)19-13/h3-4,7,10H,2,5-6,17H2,1H3,(H,18,22)(H2,19,20,21,23)/t10-/m1/s1. The first-order valence-electron chi connectivity index (χ1n) is 7.60. The number of amides is 1. The number of hydrogen-bond donors (Lipinski definition) is 4. The first kappa shape index (κ1) is 15.9. The lowest BCUT2D eigenvalue weighted by molar-refractivity contribution is 0.0928. The van der Waals surface area contributed by atoms with E-state index in [4.69, 9.17) is 10.5 Å². The van der Waals surface area contributed by atoms with Gasteiger partial charge in [-0.15, -0.1) is 0 Å². The zero-order chi connectivity index (χ0) is 17.3. The van der Waals surface area contributed by atoms with Gasteiger partial charge in [-0.05, 0) is 36.5 Å². The molecule has 8 heteroatoms. The summed E-state index contributed by atoms with van der Waals surface area (Å²) in [4.78, 5) is 39.6. The molecule has 8 nitrogen and oxygen atoms in total. The summed E-state index contributed by atoms with van der Waals surface area (Å²) in [6.45, 7) is 0. The number of nitrogens with two attached hydrogens (primary N) is 1. The van der Waals surface area contributed by atoms with E-state index in [0.717, 1.165) is 36.1 Å². The number of fused-ring (bicyclic) bond motifs is 1. The van der Waals surface area contributed by atoms with E-state index in [-0.39, 0.29) is 17.4 Å². The van der Waals surface area contributed by atoms with E-state index >= 15 is 0 Å². The maximum absolute atomic E-state index is 12.5. The Morgan fingerprint density at radius 3 is 2.88 bits per heavy atom. The van der Waals surface area contributed by atoms with Crippen molar-refractivity contribution in [2.75, 3.05) is 12.8 Å². The molecule has 0 radical (unpaired) electrons. The van der Waals surface area contributed by atoms with Crippen LogP contribution in [0.3, 0.4) is 0 Å². The Balaban J connectivity index is 1.93.